The lowest BCUT2D eigenvalue weighted by Gasteiger charge is -2.19. The Morgan fingerprint density at radius 3 is 2.86 bits per heavy atom. The molecule has 0 aliphatic carbocycles. The molecule has 0 spiro atoms. The first-order chi connectivity index (χ1) is 9.88. The smallest absolute Gasteiger partial charge is 0.175 e. The van der Waals surface area contributed by atoms with E-state index in [1.165, 1.54) is 0 Å². The van der Waals surface area contributed by atoms with Gasteiger partial charge in [-0.15, -0.1) is 11.3 Å². The molecule has 0 unspecified atom stereocenters. The van der Waals surface area contributed by atoms with Gasteiger partial charge in [0.2, 0.25) is 0 Å². The monoisotopic (exact) mass is 302 g/mol. The van der Waals surface area contributed by atoms with E-state index in [-0.39, 0.29) is 5.54 Å². The second kappa shape index (κ2) is 4.78. The molecule has 3 heterocycles. The van der Waals surface area contributed by atoms with Crippen LogP contribution in [-0.4, -0.2) is 27.9 Å². The molecule has 21 heavy (non-hydrogen) atoms. The van der Waals surface area contributed by atoms with Crippen LogP contribution in [0.1, 0.15) is 19.7 Å². The van der Waals surface area contributed by atoms with E-state index in [1.807, 2.05) is 32.2 Å². The lowest BCUT2D eigenvalue weighted by Crippen LogP contribution is -2.38. The van der Waals surface area contributed by atoms with Crippen molar-refractivity contribution in [3.05, 3.63) is 28.5 Å². The Hall–Kier alpha value is -1.99. The first-order valence-electron chi connectivity index (χ1n) is 6.69. The van der Waals surface area contributed by atoms with Crippen LogP contribution in [0.25, 0.3) is 10.2 Å². The molecule has 0 amide bonds. The highest BCUT2D eigenvalue weighted by Gasteiger charge is 2.31. The largest absolute Gasteiger partial charge is 0.400 e. The highest BCUT2D eigenvalue weighted by molar-refractivity contribution is 7.17. The molecule has 0 bridgehead atoms. The Kier molecular flexibility index (Phi) is 3.18. The fourth-order valence-corrected chi connectivity index (χ4v) is 3.09. The van der Waals surface area contributed by atoms with Crippen molar-refractivity contribution < 1.29 is 0 Å². The maximum absolute atomic E-state index is 6.16. The van der Waals surface area contributed by atoms with Gasteiger partial charge >= 0.3 is 0 Å². The van der Waals surface area contributed by atoms with E-state index in [9.17, 15) is 0 Å². The molecule has 0 aromatic carbocycles. The standard InChI is InChI=1S/C14H18N6S/c1-7-18-9-4-5-21-10(9)13(19-7)20-12(16)8-6-17-14(2,3)11(8)15/h4-5,17H,6,15H2,1-3H3,(H2,16,18,19,20). The number of nitrogens with one attached hydrogen (secondary N) is 1. The summed E-state index contributed by atoms with van der Waals surface area (Å²) < 4.78 is 0.938. The van der Waals surface area contributed by atoms with Crippen LogP contribution in [0.3, 0.4) is 0 Å². The van der Waals surface area contributed by atoms with Gasteiger partial charge in [0, 0.05) is 17.8 Å². The van der Waals surface area contributed by atoms with Gasteiger partial charge in [-0.3, -0.25) is 0 Å². The third kappa shape index (κ3) is 2.38. The third-order valence-corrected chi connectivity index (χ3v) is 4.54. The zero-order valence-corrected chi connectivity index (χ0v) is 13.1. The van der Waals surface area contributed by atoms with Gasteiger partial charge in [-0.2, -0.15) is 0 Å². The summed E-state index contributed by atoms with van der Waals surface area (Å²) in [5, 5.41) is 5.29. The van der Waals surface area contributed by atoms with Crippen LogP contribution in [0.5, 0.6) is 0 Å². The van der Waals surface area contributed by atoms with E-state index in [1.54, 1.807) is 11.3 Å². The minimum absolute atomic E-state index is 0.255. The van der Waals surface area contributed by atoms with E-state index < -0.39 is 0 Å². The van der Waals surface area contributed by atoms with Crippen molar-refractivity contribution in [1.29, 1.82) is 0 Å². The predicted molar refractivity (Wildman–Crippen MR) is 86.7 cm³/mol. The normalized spacial score (nSPS) is 18.7. The van der Waals surface area contributed by atoms with Gasteiger partial charge in [-0.05, 0) is 32.2 Å². The highest BCUT2D eigenvalue weighted by Crippen LogP contribution is 2.29. The van der Waals surface area contributed by atoms with Gasteiger partial charge in [0.05, 0.1) is 15.8 Å². The zero-order chi connectivity index (χ0) is 15.2. The van der Waals surface area contributed by atoms with Crippen LogP contribution in [0.2, 0.25) is 0 Å². The van der Waals surface area contributed by atoms with E-state index in [4.69, 9.17) is 11.5 Å². The van der Waals surface area contributed by atoms with Crippen LogP contribution >= 0.6 is 11.3 Å². The molecule has 0 radical (unpaired) electrons. The fraction of sp³-hybridized carbons (Fsp3) is 0.357. The Labute approximate surface area is 127 Å². The second-order valence-electron chi connectivity index (χ2n) is 5.60. The average molecular weight is 302 g/mol. The number of rotatable bonds is 2. The Bertz CT molecular complexity index is 771. The van der Waals surface area contributed by atoms with Gasteiger partial charge in [0.1, 0.15) is 11.7 Å². The molecule has 0 fully saturated rings. The number of hydrogen-bond donors (Lipinski definition) is 3. The maximum atomic E-state index is 6.16. The molecule has 1 aliphatic heterocycles. The molecule has 0 atom stereocenters. The van der Waals surface area contributed by atoms with Gasteiger partial charge in [-0.25, -0.2) is 15.0 Å². The first-order valence-corrected chi connectivity index (χ1v) is 7.57. The van der Waals surface area contributed by atoms with Crippen LogP contribution in [0.15, 0.2) is 27.7 Å². The summed E-state index contributed by atoms with van der Waals surface area (Å²) in [5.74, 6) is 1.70. The Balaban J connectivity index is 2.09. The lowest BCUT2D eigenvalue weighted by molar-refractivity contribution is 0.504. The van der Waals surface area contributed by atoms with Crippen molar-refractivity contribution in [1.82, 2.24) is 15.3 Å². The summed E-state index contributed by atoms with van der Waals surface area (Å²) >= 11 is 1.56. The molecule has 7 heteroatoms. The number of thiophene rings is 1. The van der Waals surface area contributed by atoms with Gasteiger partial charge < -0.3 is 16.8 Å². The van der Waals surface area contributed by atoms with Crippen molar-refractivity contribution >= 4 is 33.2 Å². The Morgan fingerprint density at radius 2 is 2.19 bits per heavy atom. The van der Waals surface area contributed by atoms with E-state index in [0.717, 1.165) is 21.5 Å². The van der Waals surface area contributed by atoms with E-state index in [2.05, 4.69) is 20.3 Å². The van der Waals surface area contributed by atoms with Crippen LogP contribution in [0.4, 0.5) is 5.82 Å². The molecule has 2 aromatic heterocycles. The van der Waals surface area contributed by atoms with Gasteiger partial charge in [0.25, 0.3) is 0 Å². The average Bonchev–Trinajstić information content (AvgIpc) is 2.95. The number of aryl methyl sites for hydroxylation is 1. The molecule has 0 saturated heterocycles. The molecular formula is C14H18N6S. The summed E-state index contributed by atoms with van der Waals surface area (Å²) in [6, 6.07) is 1.96. The minimum atomic E-state index is -0.255. The number of amidine groups is 1. The summed E-state index contributed by atoms with van der Waals surface area (Å²) in [6.45, 7) is 6.51. The first kappa shape index (κ1) is 14.0. The maximum Gasteiger partial charge on any atom is 0.175 e. The van der Waals surface area contributed by atoms with Crippen molar-refractivity contribution in [2.24, 2.45) is 16.5 Å². The molecule has 1 aliphatic rings. The van der Waals surface area contributed by atoms with Crippen molar-refractivity contribution in [3.63, 3.8) is 0 Å². The van der Waals surface area contributed by atoms with Crippen molar-refractivity contribution in [2.75, 3.05) is 6.54 Å². The Morgan fingerprint density at radius 1 is 1.43 bits per heavy atom. The number of nitrogens with zero attached hydrogens (tertiary/aromatic N) is 3. The summed E-state index contributed by atoms with van der Waals surface area (Å²) in [4.78, 5) is 13.3. The number of nitrogens with two attached hydrogens (primary N) is 2. The molecular weight excluding hydrogens is 284 g/mol. The summed E-state index contributed by atoms with van der Waals surface area (Å²) in [6.07, 6.45) is 0. The van der Waals surface area contributed by atoms with E-state index >= 15 is 0 Å². The molecule has 110 valence electrons. The van der Waals surface area contributed by atoms with Crippen molar-refractivity contribution in [3.8, 4) is 0 Å². The predicted octanol–water partition coefficient (Wildman–Crippen LogP) is 1.58. The van der Waals surface area contributed by atoms with Crippen LogP contribution in [0, 0.1) is 6.92 Å². The lowest BCUT2D eigenvalue weighted by atomic mass is 10.0. The minimum Gasteiger partial charge on any atom is -0.400 e. The molecule has 3 rings (SSSR count). The van der Waals surface area contributed by atoms with Gasteiger partial charge in [-0.1, -0.05) is 0 Å². The van der Waals surface area contributed by atoms with Gasteiger partial charge in [0.15, 0.2) is 5.82 Å². The summed E-state index contributed by atoms with van der Waals surface area (Å²) in [7, 11) is 0. The quantitative estimate of drug-likeness (QED) is 0.577. The van der Waals surface area contributed by atoms with Crippen LogP contribution < -0.4 is 16.8 Å². The molecule has 6 nitrogen and oxygen atoms in total. The second-order valence-corrected chi connectivity index (χ2v) is 6.51. The topological polar surface area (TPSA) is 102 Å². The third-order valence-electron chi connectivity index (χ3n) is 3.64. The number of aromatic nitrogens is 2. The van der Waals surface area contributed by atoms with Crippen molar-refractivity contribution in [2.45, 2.75) is 26.3 Å². The fourth-order valence-electron chi connectivity index (χ4n) is 2.32. The zero-order valence-electron chi connectivity index (χ0n) is 12.3. The number of fused-ring (bicyclic) bond motifs is 1. The van der Waals surface area contributed by atoms with E-state index in [0.29, 0.717) is 24.0 Å². The van der Waals surface area contributed by atoms with Crippen LogP contribution in [-0.2, 0) is 0 Å². The number of hydrogen-bond acceptors (Lipinski definition) is 6. The molecule has 2 aromatic rings. The number of aliphatic imine (C=N–C) groups is 1. The molecule has 0 saturated carbocycles. The highest BCUT2D eigenvalue weighted by atomic mass is 32.1. The SMILES string of the molecule is Cc1nc(N=C(N)C2=C(N)C(C)(C)NC2)c2sccc2n1. The summed E-state index contributed by atoms with van der Waals surface area (Å²) in [5.41, 5.74) is 14.5. The molecule has 5 N–H and O–H groups in total.